The molecule has 1 aliphatic heterocycles. The van der Waals surface area contributed by atoms with Crippen LogP contribution in [0.3, 0.4) is 0 Å². The summed E-state index contributed by atoms with van der Waals surface area (Å²) in [6, 6.07) is 11.1. The summed E-state index contributed by atoms with van der Waals surface area (Å²) in [4.78, 5) is 26.7. The van der Waals surface area contributed by atoms with Gasteiger partial charge in [0.1, 0.15) is 5.75 Å². The maximum atomic E-state index is 12.5. The Hall–Kier alpha value is -2.66. The van der Waals surface area contributed by atoms with Crippen LogP contribution in [0.25, 0.3) is 0 Å². The summed E-state index contributed by atoms with van der Waals surface area (Å²) in [7, 11) is -3.23. The highest BCUT2D eigenvalue weighted by molar-refractivity contribution is 8.24. The zero-order chi connectivity index (χ0) is 29.7. The van der Waals surface area contributed by atoms with Crippen LogP contribution in [-0.4, -0.2) is 44.6 Å². The third-order valence-corrected chi connectivity index (χ3v) is 10.0. The van der Waals surface area contributed by atoms with Gasteiger partial charge in [-0.1, -0.05) is 47.5 Å². The van der Waals surface area contributed by atoms with Gasteiger partial charge >= 0.3 is 5.97 Å². The summed E-state index contributed by atoms with van der Waals surface area (Å²) < 4.78 is 29.0. The van der Waals surface area contributed by atoms with E-state index in [-0.39, 0.29) is 17.1 Å². The molecular weight excluding hydrogens is 548 g/mol. The van der Waals surface area contributed by atoms with Gasteiger partial charge in [0.05, 0.1) is 27.8 Å². The van der Waals surface area contributed by atoms with Crippen molar-refractivity contribution in [3.05, 3.63) is 48.7 Å². The van der Waals surface area contributed by atoms with Crippen LogP contribution >= 0.6 is 22.4 Å². The molecule has 1 aliphatic rings. The Labute approximate surface area is 243 Å². The molecule has 0 aliphatic carbocycles. The summed E-state index contributed by atoms with van der Waals surface area (Å²) >= 11 is 1.43. The monoisotopic (exact) mass is 590 g/mol. The lowest BCUT2D eigenvalue weighted by Gasteiger charge is -2.41. The normalized spacial score (nSPS) is 19.6. The Kier molecular flexibility index (Phi) is 10.3. The highest BCUT2D eigenvalue weighted by Crippen LogP contribution is 2.62. The Morgan fingerprint density at radius 2 is 1.85 bits per heavy atom. The number of carbonyl (C=O) groups is 2. The number of fused-ring (bicyclic) bond motifs is 1. The van der Waals surface area contributed by atoms with Crippen LogP contribution in [0.1, 0.15) is 60.3 Å². The predicted molar refractivity (Wildman–Crippen MR) is 165 cm³/mol. The zero-order valence-electron chi connectivity index (χ0n) is 24.2. The van der Waals surface area contributed by atoms with Gasteiger partial charge in [-0.2, -0.15) is 10.6 Å². The molecule has 0 saturated carbocycles. The van der Waals surface area contributed by atoms with Crippen molar-refractivity contribution in [1.82, 2.24) is 0 Å². The van der Waals surface area contributed by atoms with E-state index in [1.54, 1.807) is 6.07 Å². The molecule has 4 N–H and O–H groups in total. The smallest absolute Gasteiger partial charge is 0.331 e. The molecule has 10 heteroatoms. The van der Waals surface area contributed by atoms with Crippen LogP contribution < -0.4 is 15.0 Å². The molecule has 0 bridgehead atoms. The molecule has 2 aromatic rings. The van der Waals surface area contributed by atoms with Crippen molar-refractivity contribution in [1.29, 1.82) is 0 Å². The maximum absolute atomic E-state index is 12.5. The summed E-state index contributed by atoms with van der Waals surface area (Å²) in [5, 5.41) is 11.9. The van der Waals surface area contributed by atoms with Gasteiger partial charge in [-0.05, 0) is 49.4 Å². The number of nitrogens with zero attached hydrogens (tertiary/aromatic N) is 1. The molecule has 0 radical (unpaired) electrons. The van der Waals surface area contributed by atoms with Crippen molar-refractivity contribution in [3.8, 4) is 5.75 Å². The molecule has 1 atom stereocenters. The first kappa shape index (κ1) is 31.9. The third-order valence-electron chi connectivity index (χ3n) is 7.22. The number of hydrogen-bond acceptors (Lipinski definition) is 7. The van der Waals surface area contributed by atoms with Crippen LogP contribution in [0.4, 0.5) is 17.1 Å². The van der Waals surface area contributed by atoms with E-state index in [0.717, 1.165) is 48.6 Å². The average Bonchev–Trinajstić information content (AvgIpc) is 2.98. The van der Waals surface area contributed by atoms with Crippen molar-refractivity contribution in [2.45, 2.75) is 70.1 Å². The molecule has 220 valence electrons. The van der Waals surface area contributed by atoms with E-state index >= 15 is 0 Å². The Morgan fingerprint density at radius 3 is 2.40 bits per heavy atom. The van der Waals surface area contributed by atoms with Crippen LogP contribution in [0.5, 0.6) is 5.75 Å². The van der Waals surface area contributed by atoms with Gasteiger partial charge in [0, 0.05) is 40.6 Å². The molecular formula is C30H42N2O6S2. The minimum absolute atomic E-state index is 0.0760. The van der Waals surface area contributed by atoms with E-state index < -0.39 is 22.0 Å². The number of nitrogens with one attached hydrogen (secondary N) is 1. The number of ether oxygens (including phenoxy) is 1. The van der Waals surface area contributed by atoms with Gasteiger partial charge in [-0.25, -0.2) is 4.79 Å². The van der Waals surface area contributed by atoms with Gasteiger partial charge in [0.25, 0.3) is 0 Å². The standard InChI is InChI=1S/C30H42N2O6S2/c1-7-9-15-30(8-2)19-32(22-12-10-21(11-13-22)31-28(35)29(3,4)5)23-17-25(39-6)24(38-16-14-27(33)34)18-26(23)40(36,37)20-30/h10-14,16-18,36-37H,7-9,15,19-20H2,1-6H3,(H,31,35)(H,33,34)/b16-14+. The zero-order valence-corrected chi connectivity index (χ0v) is 25.8. The van der Waals surface area contributed by atoms with Gasteiger partial charge in [-0.3, -0.25) is 13.9 Å². The summed E-state index contributed by atoms with van der Waals surface area (Å²) in [6.07, 6.45) is 7.46. The lowest BCUT2D eigenvalue weighted by Crippen LogP contribution is -2.37. The van der Waals surface area contributed by atoms with E-state index in [9.17, 15) is 18.7 Å². The number of amides is 1. The van der Waals surface area contributed by atoms with Crippen molar-refractivity contribution in [2.24, 2.45) is 10.8 Å². The number of hydrogen-bond donors (Lipinski definition) is 4. The van der Waals surface area contributed by atoms with Crippen LogP contribution in [0, 0.1) is 10.8 Å². The number of anilines is 3. The first-order valence-corrected chi connectivity index (χ1v) is 16.4. The lowest BCUT2D eigenvalue weighted by atomic mass is 9.81. The largest absolute Gasteiger partial charge is 0.478 e. The summed E-state index contributed by atoms with van der Waals surface area (Å²) in [6.45, 7) is 10.4. The highest BCUT2D eigenvalue weighted by Gasteiger charge is 2.42. The quantitative estimate of drug-likeness (QED) is 0.124. The van der Waals surface area contributed by atoms with E-state index in [0.29, 0.717) is 28.6 Å². The summed E-state index contributed by atoms with van der Waals surface area (Å²) in [5.74, 6) is -0.626. The average molecular weight is 591 g/mol. The predicted octanol–water partition coefficient (Wildman–Crippen LogP) is 8.22. The Balaban J connectivity index is 2.16. The van der Waals surface area contributed by atoms with Crippen molar-refractivity contribution < 1.29 is 28.5 Å². The number of carboxylic acid groups (broad SMARTS) is 1. The number of rotatable bonds is 10. The van der Waals surface area contributed by atoms with Crippen LogP contribution in [0.2, 0.25) is 0 Å². The summed E-state index contributed by atoms with van der Waals surface area (Å²) in [5.41, 5.74) is 1.36. The molecule has 1 amide bonds. The second-order valence-corrected chi connectivity index (χ2v) is 14.2. The SMILES string of the molecule is CCCCC1(CC)CN(c2ccc(NC(=O)C(C)(C)C)cc2)c2cc(SC)c(O/C=C/C(=O)O)cc2S(O)(O)C1. The second kappa shape index (κ2) is 12.9. The second-order valence-electron chi connectivity index (χ2n) is 11.3. The van der Waals surface area contributed by atoms with E-state index in [1.807, 2.05) is 57.4 Å². The molecule has 1 heterocycles. The third kappa shape index (κ3) is 7.54. The van der Waals surface area contributed by atoms with E-state index in [2.05, 4.69) is 24.1 Å². The number of aliphatic carboxylic acids is 1. The Morgan fingerprint density at radius 1 is 1.18 bits per heavy atom. The fraction of sp³-hybridized carbons (Fsp3) is 0.467. The molecule has 1 unspecified atom stereocenters. The molecule has 8 nitrogen and oxygen atoms in total. The van der Waals surface area contributed by atoms with Gasteiger partial charge < -0.3 is 20.1 Å². The van der Waals surface area contributed by atoms with Crippen LogP contribution in [-0.2, 0) is 9.59 Å². The molecule has 0 saturated heterocycles. The van der Waals surface area contributed by atoms with Gasteiger partial charge in [-0.15, -0.1) is 11.8 Å². The van der Waals surface area contributed by atoms with E-state index in [4.69, 9.17) is 9.84 Å². The fourth-order valence-corrected chi connectivity index (χ4v) is 7.55. The number of carboxylic acids is 1. The maximum Gasteiger partial charge on any atom is 0.331 e. The minimum atomic E-state index is -3.23. The van der Waals surface area contributed by atoms with Crippen molar-refractivity contribution >= 4 is 51.3 Å². The van der Waals surface area contributed by atoms with E-state index in [1.165, 1.54) is 11.8 Å². The van der Waals surface area contributed by atoms with Gasteiger partial charge in [0.2, 0.25) is 5.91 Å². The molecule has 40 heavy (non-hydrogen) atoms. The lowest BCUT2D eigenvalue weighted by molar-refractivity contribution is -0.131. The highest BCUT2D eigenvalue weighted by atomic mass is 32.3. The minimum Gasteiger partial charge on any atom is -0.478 e. The number of carbonyl (C=O) groups excluding carboxylic acids is 1. The molecule has 0 aromatic heterocycles. The number of unbranched alkanes of at least 4 members (excludes halogenated alkanes) is 1. The first-order valence-electron chi connectivity index (χ1n) is 13.5. The molecule has 0 spiro atoms. The topological polar surface area (TPSA) is 119 Å². The first-order chi connectivity index (χ1) is 18.7. The van der Waals surface area contributed by atoms with Crippen LogP contribution in [0.15, 0.2) is 58.5 Å². The molecule has 3 rings (SSSR count). The van der Waals surface area contributed by atoms with Gasteiger partial charge in [0.15, 0.2) is 0 Å². The number of benzene rings is 2. The fourth-order valence-electron chi connectivity index (χ4n) is 4.76. The Bertz CT molecular complexity index is 1240. The van der Waals surface area contributed by atoms with Crippen molar-refractivity contribution in [2.75, 3.05) is 28.8 Å². The number of thioether (sulfide) groups is 1. The molecule has 2 aromatic carbocycles. The van der Waals surface area contributed by atoms with Crippen molar-refractivity contribution in [3.63, 3.8) is 0 Å². The molecule has 0 fully saturated rings.